The van der Waals surface area contributed by atoms with Gasteiger partial charge in [0.1, 0.15) is 5.69 Å². The summed E-state index contributed by atoms with van der Waals surface area (Å²) in [4.78, 5) is 31.2. The van der Waals surface area contributed by atoms with E-state index >= 15 is 0 Å². The van der Waals surface area contributed by atoms with Crippen LogP contribution in [0.4, 0.5) is 0 Å². The number of allylic oxidation sites excluding steroid dienone is 1. The van der Waals surface area contributed by atoms with Gasteiger partial charge in [0.15, 0.2) is 0 Å². The van der Waals surface area contributed by atoms with E-state index in [2.05, 4.69) is 20.8 Å². The molecule has 1 spiro atoms. The predicted octanol–water partition coefficient (Wildman–Crippen LogP) is 2.13. The maximum absolute atomic E-state index is 12.1. The Labute approximate surface area is 205 Å². The molecule has 3 aliphatic heterocycles. The molecule has 3 saturated heterocycles. The monoisotopic (exact) mass is 484 g/mol. The van der Waals surface area contributed by atoms with Gasteiger partial charge in [-0.1, -0.05) is 12.7 Å². The van der Waals surface area contributed by atoms with Gasteiger partial charge in [-0.2, -0.15) is 4.37 Å². The smallest absolute Gasteiger partial charge is 0.269 e. The van der Waals surface area contributed by atoms with Crippen LogP contribution >= 0.6 is 11.5 Å². The van der Waals surface area contributed by atoms with E-state index in [1.807, 2.05) is 17.9 Å². The number of nitrogens with zero attached hydrogens (tertiary/aromatic N) is 4. The van der Waals surface area contributed by atoms with Crippen LogP contribution in [0, 0.1) is 5.92 Å². The first-order valence-corrected chi connectivity index (χ1v) is 13.2. The summed E-state index contributed by atoms with van der Waals surface area (Å²) >= 11 is 1.25. The summed E-state index contributed by atoms with van der Waals surface area (Å²) in [5.74, 6) is 0.0668. The first kappa shape index (κ1) is 23.5. The summed E-state index contributed by atoms with van der Waals surface area (Å²) < 4.78 is 4.13. The van der Waals surface area contributed by atoms with Crippen LogP contribution in [-0.4, -0.2) is 81.2 Å². The average Bonchev–Trinajstić information content (AvgIpc) is 3.55. The summed E-state index contributed by atoms with van der Waals surface area (Å²) in [7, 11) is 0. The van der Waals surface area contributed by atoms with E-state index in [9.17, 15) is 9.59 Å². The lowest BCUT2D eigenvalue weighted by Crippen LogP contribution is -2.75. The Bertz CT molecular complexity index is 1020. The molecule has 184 valence electrons. The molecule has 6 rings (SSSR count). The molecule has 2 atom stereocenters. The third-order valence-corrected chi connectivity index (χ3v) is 9.50. The van der Waals surface area contributed by atoms with Crippen molar-refractivity contribution in [1.29, 1.82) is 0 Å². The Balaban J connectivity index is 0.000000196. The van der Waals surface area contributed by atoms with Gasteiger partial charge in [-0.3, -0.25) is 14.5 Å². The van der Waals surface area contributed by atoms with Crippen LogP contribution in [0.3, 0.4) is 0 Å². The number of nitrogens with two attached hydrogens (primary N) is 2. The van der Waals surface area contributed by atoms with Gasteiger partial charge in [-0.15, -0.1) is 0 Å². The van der Waals surface area contributed by atoms with Crippen molar-refractivity contribution in [3.05, 3.63) is 28.4 Å². The van der Waals surface area contributed by atoms with Crippen LogP contribution in [0.15, 0.2) is 12.3 Å². The summed E-state index contributed by atoms with van der Waals surface area (Å²) in [5.41, 5.74) is 14.4. The van der Waals surface area contributed by atoms with Crippen molar-refractivity contribution < 1.29 is 9.59 Å². The quantitative estimate of drug-likeness (QED) is 0.663. The molecule has 2 amide bonds. The maximum atomic E-state index is 12.1. The fraction of sp³-hybridized carbons (Fsp3) is 0.640. The Kier molecular flexibility index (Phi) is 6.06. The number of hydrogen-bond acceptors (Lipinski definition) is 7. The number of carbonyl (C=O) groups excluding carboxylic acids is 2. The molecule has 4 N–H and O–H groups in total. The van der Waals surface area contributed by atoms with Gasteiger partial charge in [0.2, 0.25) is 5.91 Å². The molecule has 5 fully saturated rings. The van der Waals surface area contributed by atoms with Gasteiger partial charge in [-0.05, 0) is 63.1 Å². The summed E-state index contributed by atoms with van der Waals surface area (Å²) in [6.45, 7) is 11.6. The first-order chi connectivity index (χ1) is 16.3. The Morgan fingerprint density at radius 2 is 1.74 bits per heavy atom. The van der Waals surface area contributed by atoms with Gasteiger partial charge < -0.3 is 21.3 Å². The van der Waals surface area contributed by atoms with Crippen LogP contribution in [-0.2, 0) is 4.79 Å². The molecule has 2 saturated carbocycles. The zero-order valence-electron chi connectivity index (χ0n) is 20.1. The molecule has 0 radical (unpaired) electrons. The van der Waals surface area contributed by atoms with Crippen molar-refractivity contribution in [3.63, 3.8) is 0 Å². The van der Waals surface area contributed by atoms with Gasteiger partial charge in [0.05, 0.1) is 4.88 Å². The fourth-order valence-corrected chi connectivity index (χ4v) is 6.96. The standard InChI is InChI=1S/C17H22N4O2S.C8H14N2/c1-3-13-14(24-19-15(13)16(18)22)10-11(2)20-6-8-21(9-7-20)17(23)12-4-5-12;9-7-1-2-8(7)4-6-10(8)5-3-7/h3,10,12H,1,4-9H2,2H3,(H2,18,22);1-6,9H2/b11-10+;. The SMILES string of the molecule is C=Cc1c(C(N)=O)nsc1/C=C(\C)N1CCN(C(=O)C2CC2)CC1.NC12CCN3CCC31CC2. The minimum atomic E-state index is -0.536. The molecule has 0 aromatic carbocycles. The van der Waals surface area contributed by atoms with Crippen molar-refractivity contribution in [2.45, 2.75) is 56.5 Å². The highest BCUT2D eigenvalue weighted by Crippen LogP contribution is 2.58. The lowest BCUT2D eigenvalue weighted by molar-refractivity contribution is -0.134. The predicted molar refractivity (Wildman–Crippen MR) is 135 cm³/mol. The van der Waals surface area contributed by atoms with E-state index in [0.29, 0.717) is 17.0 Å². The molecule has 9 heteroatoms. The number of carbonyl (C=O) groups is 2. The Morgan fingerprint density at radius 3 is 2.21 bits per heavy atom. The number of rotatable bonds is 5. The van der Waals surface area contributed by atoms with Gasteiger partial charge in [-0.25, -0.2) is 0 Å². The molecule has 34 heavy (non-hydrogen) atoms. The van der Waals surface area contributed by atoms with Crippen LogP contribution in [0.1, 0.15) is 66.4 Å². The van der Waals surface area contributed by atoms with Crippen molar-refractivity contribution in [2.75, 3.05) is 39.3 Å². The number of primary amides is 1. The summed E-state index contributed by atoms with van der Waals surface area (Å²) in [5, 5.41) is 0. The van der Waals surface area contributed by atoms with Crippen LogP contribution in [0.5, 0.6) is 0 Å². The second kappa shape index (κ2) is 8.77. The summed E-state index contributed by atoms with van der Waals surface area (Å²) in [6, 6.07) is 0. The zero-order valence-corrected chi connectivity index (χ0v) is 20.9. The van der Waals surface area contributed by atoms with Gasteiger partial charge >= 0.3 is 0 Å². The lowest BCUT2D eigenvalue weighted by Gasteiger charge is -2.63. The molecule has 5 aliphatic rings. The second-order valence-corrected chi connectivity index (χ2v) is 11.2. The highest BCUT2D eigenvalue weighted by atomic mass is 32.1. The number of piperazine rings is 1. The molecule has 1 aromatic rings. The molecule has 4 heterocycles. The maximum Gasteiger partial charge on any atom is 0.269 e. The third kappa shape index (κ3) is 3.87. The van der Waals surface area contributed by atoms with E-state index in [-0.39, 0.29) is 17.2 Å². The molecule has 0 bridgehead atoms. The van der Waals surface area contributed by atoms with Crippen molar-refractivity contribution in [3.8, 4) is 0 Å². The van der Waals surface area contributed by atoms with Crippen molar-refractivity contribution >= 4 is 35.5 Å². The number of amides is 2. The van der Waals surface area contributed by atoms with Gasteiger partial charge in [0.25, 0.3) is 5.91 Å². The molecule has 2 unspecified atom stereocenters. The average molecular weight is 485 g/mol. The minimum Gasteiger partial charge on any atom is -0.371 e. The van der Waals surface area contributed by atoms with E-state index in [1.165, 1.54) is 50.3 Å². The highest BCUT2D eigenvalue weighted by Gasteiger charge is 2.67. The largest absolute Gasteiger partial charge is 0.371 e. The molecular weight excluding hydrogens is 448 g/mol. The molecule has 2 aliphatic carbocycles. The second-order valence-electron chi connectivity index (χ2n) is 10.4. The minimum absolute atomic E-state index is 0.255. The van der Waals surface area contributed by atoms with Crippen LogP contribution < -0.4 is 11.5 Å². The topological polar surface area (TPSA) is 109 Å². The van der Waals surface area contributed by atoms with Crippen molar-refractivity contribution in [1.82, 2.24) is 19.1 Å². The summed E-state index contributed by atoms with van der Waals surface area (Å²) in [6.07, 6.45) is 11.0. The van der Waals surface area contributed by atoms with Crippen LogP contribution in [0.2, 0.25) is 0 Å². The third-order valence-electron chi connectivity index (χ3n) is 8.69. The molecule has 8 nitrogen and oxygen atoms in total. The van der Waals surface area contributed by atoms with E-state index < -0.39 is 5.91 Å². The van der Waals surface area contributed by atoms with Gasteiger partial charge in [0, 0.05) is 67.5 Å². The number of aromatic nitrogens is 1. The fourth-order valence-electron chi connectivity index (χ4n) is 6.08. The first-order valence-electron chi connectivity index (χ1n) is 12.5. The van der Waals surface area contributed by atoms with E-state index in [1.54, 1.807) is 6.08 Å². The Hall–Kier alpha value is -2.23. The number of hydrogen-bond donors (Lipinski definition) is 2. The zero-order chi connectivity index (χ0) is 24.1. The highest BCUT2D eigenvalue weighted by molar-refractivity contribution is 7.07. The molecule has 1 aromatic heterocycles. The Morgan fingerprint density at radius 1 is 1.06 bits per heavy atom. The molecular formula is C25H36N6O2S. The van der Waals surface area contributed by atoms with Crippen molar-refractivity contribution in [2.24, 2.45) is 17.4 Å². The van der Waals surface area contributed by atoms with Crippen LogP contribution in [0.25, 0.3) is 12.2 Å². The normalized spacial score (nSPS) is 30.4. The lowest BCUT2D eigenvalue weighted by atomic mass is 9.57. The van der Waals surface area contributed by atoms with E-state index in [0.717, 1.165) is 49.6 Å². The van der Waals surface area contributed by atoms with E-state index in [4.69, 9.17) is 11.5 Å².